The lowest BCUT2D eigenvalue weighted by Crippen LogP contribution is -2.58. The van der Waals surface area contributed by atoms with E-state index in [1.54, 1.807) is 27.7 Å². The first-order valence-corrected chi connectivity index (χ1v) is 4.83. The molecule has 0 fully saturated rings. The molecule has 0 amide bonds. The summed E-state index contributed by atoms with van der Waals surface area (Å²) >= 11 is 0. The summed E-state index contributed by atoms with van der Waals surface area (Å²) in [4.78, 5) is 22.6. The van der Waals surface area contributed by atoms with Gasteiger partial charge in [0.1, 0.15) is 11.1 Å². The molecule has 0 aliphatic carbocycles. The Morgan fingerprint density at radius 1 is 1.00 bits per heavy atom. The molecule has 1 N–H and O–H groups in total. The highest BCUT2D eigenvalue weighted by Gasteiger charge is 2.35. The molecule has 93 valence electrons. The largest absolute Gasteiger partial charge is 0.468 e. The molecule has 0 aromatic rings. The van der Waals surface area contributed by atoms with Crippen LogP contribution in [0.1, 0.15) is 27.7 Å². The number of esters is 2. The highest BCUT2D eigenvalue weighted by Crippen LogP contribution is 2.09. The third kappa shape index (κ3) is 3.79. The molecule has 6 heteroatoms. The number of methoxy groups -OCH3 is 2. The zero-order valence-electron chi connectivity index (χ0n) is 10.6. The molecule has 0 aromatic carbocycles. The van der Waals surface area contributed by atoms with E-state index < -0.39 is 23.0 Å². The maximum absolute atomic E-state index is 11.3. The maximum Gasteiger partial charge on any atom is 0.328 e. The van der Waals surface area contributed by atoms with Gasteiger partial charge in [0.05, 0.1) is 14.2 Å². The van der Waals surface area contributed by atoms with Crippen LogP contribution in [0.3, 0.4) is 0 Å². The minimum atomic E-state index is -1.06. The Hall–Kier alpha value is -1.14. The number of rotatable bonds is 5. The molecule has 0 saturated heterocycles. The van der Waals surface area contributed by atoms with Gasteiger partial charge in [-0.2, -0.15) is 0 Å². The van der Waals surface area contributed by atoms with Crippen molar-refractivity contribution < 1.29 is 19.1 Å². The molecule has 0 aliphatic rings. The summed E-state index contributed by atoms with van der Waals surface area (Å²) in [5.41, 5.74) is 4.52. The van der Waals surface area contributed by atoms with Gasteiger partial charge in [0.2, 0.25) is 0 Å². The first-order valence-electron chi connectivity index (χ1n) is 4.83. The molecule has 0 bridgehead atoms. The third-order valence-electron chi connectivity index (χ3n) is 2.00. The summed E-state index contributed by atoms with van der Waals surface area (Å²) in [6, 6.07) is 0. The molecule has 0 atom stereocenters. The Morgan fingerprint density at radius 2 is 1.44 bits per heavy atom. The van der Waals surface area contributed by atoms with Crippen LogP contribution in [-0.2, 0) is 19.1 Å². The Bertz CT molecular complexity index is 246. The summed E-state index contributed by atoms with van der Waals surface area (Å²) in [5.74, 6) is -0.947. The number of carbonyl (C=O) groups excluding carboxylic acids is 2. The number of ether oxygens (including phenoxy) is 2. The molecular formula is C10H19N2O4. The van der Waals surface area contributed by atoms with E-state index in [0.717, 1.165) is 0 Å². The molecule has 1 radical (unpaired) electrons. The quantitative estimate of drug-likeness (QED) is 0.532. The minimum absolute atomic E-state index is 0.461. The van der Waals surface area contributed by atoms with Crippen molar-refractivity contribution in [3.63, 3.8) is 0 Å². The second-order valence-electron chi connectivity index (χ2n) is 4.39. The van der Waals surface area contributed by atoms with Gasteiger partial charge in [0.25, 0.3) is 0 Å². The topological polar surface area (TPSA) is 78.7 Å². The average molecular weight is 231 g/mol. The van der Waals surface area contributed by atoms with Crippen molar-refractivity contribution in [1.29, 1.82) is 0 Å². The SMILES string of the molecule is COC(=O)C(C)(C)[N]NC(C)(C)C(=O)OC. The van der Waals surface area contributed by atoms with Crippen LogP contribution in [0.25, 0.3) is 0 Å². The number of carbonyl (C=O) groups is 2. The smallest absolute Gasteiger partial charge is 0.328 e. The first kappa shape index (κ1) is 14.9. The monoisotopic (exact) mass is 231 g/mol. The fourth-order valence-corrected chi connectivity index (χ4v) is 0.876. The van der Waals surface area contributed by atoms with E-state index in [0.29, 0.717) is 0 Å². The van der Waals surface area contributed by atoms with E-state index in [4.69, 9.17) is 0 Å². The maximum atomic E-state index is 11.3. The predicted octanol–water partition coefficient (Wildman–Crippen LogP) is -0.00140. The van der Waals surface area contributed by atoms with E-state index in [2.05, 4.69) is 20.3 Å². The van der Waals surface area contributed by atoms with Crippen molar-refractivity contribution in [3.8, 4) is 0 Å². The number of hydrogen-bond donors (Lipinski definition) is 1. The van der Waals surface area contributed by atoms with Crippen molar-refractivity contribution in [2.75, 3.05) is 14.2 Å². The molecule has 6 nitrogen and oxygen atoms in total. The van der Waals surface area contributed by atoms with Gasteiger partial charge in [0, 0.05) is 0 Å². The molecule has 0 heterocycles. The molecule has 0 aliphatic heterocycles. The Kier molecular flexibility index (Phi) is 4.89. The van der Waals surface area contributed by atoms with E-state index >= 15 is 0 Å². The van der Waals surface area contributed by atoms with Crippen molar-refractivity contribution in [2.24, 2.45) is 0 Å². The molecule has 0 rings (SSSR count). The van der Waals surface area contributed by atoms with Crippen molar-refractivity contribution in [2.45, 2.75) is 38.8 Å². The highest BCUT2D eigenvalue weighted by atomic mass is 16.5. The zero-order valence-corrected chi connectivity index (χ0v) is 10.6. The molecule has 0 saturated carbocycles. The molecule has 16 heavy (non-hydrogen) atoms. The van der Waals surface area contributed by atoms with Gasteiger partial charge in [-0.25, -0.2) is 10.2 Å². The van der Waals surface area contributed by atoms with E-state index in [1.165, 1.54) is 14.2 Å². The lowest BCUT2D eigenvalue weighted by atomic mass is 10.1. The van der Waals surface area contributed by atoms with Crippen LogP contribution in [0.2, 0.25) is 0 Å². The minimum Gasteiger partial charge on any atom is -0.468 e. The highest BCUT2D eigenvalue weighted by molar-refractivity contribution is 5.81. The van der Waals surface area contributed by atoms with Gasteiger partial charge in [-0.15, -0.1) is 5.43 Å². The first-order chi connectivity index (χ1) is 7.17. The summed E-state index contributed by atoms with van der Waals surface area (Å²) in [7, 11) is 2.57. The summed E-state index contributed by atoms with van der Waals surface area (Å²) in [6.07, 6.45) is 0. The fourth-order valence-electron chi connectivity index (χ4n) is 0.876. The Balaban J connectivity index is 4.44. The van der Waals surface area contributed by atoms with Gasteiger partial charge in [-0.05, 0) is 27.7 Å². The van der Waals surface area contributed by atoms with Crippen LogP contribution in [0.4, 0.5) is 0 Å². The molecule has 0 unspecified atom stereocenters. The van der Waals surface area contributed by atoms with Gasteiger partial charge in [0.15, 0.2) is 0 Å². The second-order valence-corrected chi connectivity index (χ2v) is 4.39. The Labute approximate surface area is 95.6 Å². The molecule has 0 spiro atoms. The lowest BCUT2D eigenvalue weighted by molar-refractivity contribution is -0.152. The Morgan fingerprint density at radius 3 is 1.81 bits per heavy atom. The predicted molar refractivity (Wildman–Crippen MR) is 57.5 cm³/mol. The number of nitrogens with one attached hydrogen (secondary N) is 1. The molecule has 0 aromatic heterocycles. The van der Waals surface area contributed by atoms with E-state index in [-0.39, 0.29) is 0 Å². The number of nitrogens with zero attached hydrogens (tertiary/aromatic N) is 1. The fraction of sp³-hybridized carbons (Fsp3) is 0.800. The standard InChI is InChI=1S/C10H19N2O4/c1-9(2,7(13)15-5)11-12-10(3,4)8(14)16-6/h11H,1-6H3. The van der Waals surface area contributed by atoms with Crippen LogP contribution in [-0.4, -0.2) is 37.2 Å². The van der Waals surface area contributed by atoms with E-state index in [1.807, 2.05) is 0 Å². The molecular weight excluding hydrogens is 212 g/mol. The van der Waals surface area contributed by atoms with Gasteiger partial charge in [-0.1, -0.05) is 0 Å². The summed E-state index contributed by atoms with van der Waals surface area (Å²) in [6.45, 7) is 6.38. The summed E-state index contributed by atoms with van der Waals surface area (Å²) in [5, 5.41) is 0. The van der Waals surface area contributed by atoms with Crippen LogP contribution < -0.4 is 10.9 Å². The normalized spacial score (nSPS) is 12.1. The van der Waals surface area contributed by atoms with Gasteiger partial charge in [-0.3, -0.25) is 4.79 Å². The van der Waals surface area contributed by atoms with Crippen molar-refractivity contribution in [3.05, 3.63) is 0 Å². The number of hydrogen-bond acceptors (Lipinski definition) is 5. The lowest BCUT2D eigenvalue weighted by Gasteiger charge is -2.28. The third-order valence-corrected chi connectivity index (χ3v) is 2.00. The average Bonchev–Trinajstić information content (AvgIpc) is 2.24. The zero-order chi connectivity index (χ0) is 13.0. The van der Waals surface area contributed by atoms with Crippen LogP contribution >= 0.6 is 0 Å². The van der Waals surface area contributed by atoms with Crippen molar-refractivity contribution >= 4 is 11.9 Å². The van der Waals surface area contributed by atoms with Gasteiger partial charge < -0.3 is 9.47 Å². The summed E-state index contributed by atoms with van der Waals surface area (Å²) < 4.78 is 9.17. The van der Waals surface area contributed by atoms with E-state index in [9.17, 15) is 9.59 Å². The van der Waals surface area contributed by atoms with Crippen LogP contribution in [0.5, 0.6) is 0 Å². The van der Waals surface area contributed by atoms with Gasteiger partial charge >= 0.3 is 11.9 Å². The van der Waals surface area contributed by atoms with Crippen LogP contribution in [0, 0.1) is 0 Å². The van der Waals surface area contributed by atoms with Crippen molar-refractivity contribution in [1.82, 2.24) is 10.9 Å². The second kappa shape index (κ2) is 5.27. The van der Waals surface area contributed by atoms with Crippen LogP contribution in [0.15, 0.2) is 0 Å².